The molecular weight excluding hydrogens is 276 g/mol. The van der Waals surface area contributed by atoms with Crippen LogP contribution in [0.4, 0.5) is 0 Å². The van der Waals surface area contributed by atoms with E-state index in [0.717, 1.165) is 12.2 Å². The summed E-state index contributed by atoms with van der Waals surface area (Å²) in [4.78, 5) is 26.1. The third-order valence-electron chi connectivity index (χ3n) is 3.16. The molecule has 1 unspecified atom stereocenters. The van der Waals surface area contributed by atoms with E-state index in [1.807, 2.05) is 27.0 Å². The number of ether oxygens (including phenoxy) is 1. The second kappa shape index (κ2) is 7.31. The molecule has 2 N–H and O–H groups in total. The molecule has 0 saturated carbocycles. The van der Waals surface area contributed by atoms with Crippen molar-refractivity contribution >= 4 is 23.6 Å². The van der Waals surface area contributed by atoms with Crippen molar-refractivity contribution < 1.29 is 14.3 Å². The van der Waals surface area contributed by atoms with Crippen molar-refractivity contribution in [2.75, 3.05) is 18.6 Å². The Morgan fingerprint density at radius 3 is 2.65 bits per heavy atom. The molecule has 116 valence electrons. The van der Waals surface area contributed by atoms with Crippen molar-refractivity contribution in [3.63, 3.8) is 0 Å². The van der Waals surface area contributed by atoms with Crippen LogP contribution in [0, 0.1) is 0 Å². The van der Waals surface area contributed by atoms with E-state index in [9.17, 15) is 9.59 Å². The summed E-state index contributed by atoms with van der Waals surface area (Å²) in [6, 6.07) is -0.993. The van der Waals surface area contributed by atoms with Gasteiger partial charge in [0.2, 0.25) is 5.91 Å². The van der Waals surface area contributed by atoms with E-state index in [-0.39, 0.29) is 11.9 Å². The minimum absolute atomic E-state index is 0.132. The van der Waals surface area contributed by atoms with Crippen molar-refractivity contribution in [3.05, 3.63) is 0 Å². The highest BCUT2D eigenvalue weighted by molar-refractivity contribution is 7.98. The molecule has 1 aliphatic rings. The van der Waals surface area contributed by atoms with Crippen LogP contribution in [0.2, 0.25) is 0 Å². The summed E-state index contributed by atoms with van der Waals surface area (Å²) < 4.78 is 5.39. The fraction of sp³-hybridized carbons (Fsp3) is 0.857. The Morgan fingerprint density at radius 1 is 1.45 bits per heavy atom. The Balaban J connectivity index is 2.64. The van der Waals surface area contributed by atoms with Gasteiger partial charge in [0, 0.05) is 6.54 Å². The number of hydrogen-bond donors (Lipinski definition) is 1. The Morgan fingerprint density at radius 2 is 2.10 bits per heavy atom. The van der Waals surface area contributed by atoms with Crippen LogP contribution >= 0.6 is 11.8 Å². The number of nitrogens with two attached hydrogens (primary N) is 1. The first-order chi connectivity index (χ1) is 9.26. The van der Waals surface area contributed by atoms with Crippen molar-refractivity contribution in [3.8, 4) is 0 Å². The summed E-state index contributed by atoms with van der Waals surface area (Å²) >= 11 is 1.66. The van der Waals surface area contributed by atoms with E-state index >= 15 is 0 Å². The quantitative estimate of drug-likeness (QED) is 0.777. The monoisotopic (exact) mass is 302 g/mol. The van der Waals surface area contributed by atoms with Crippen molar-refractivity contribution in [2.24, 2.45) is 5.73 Å². The average Bonchev–Trinajstić information content (AvgIpc) is 2.82. The van der Waals surface area contributed by atoms with E-state index in [0.29, 0.717) is 19.4 Å². The van der Waals surface area contributed by atoms with Gasteiger partial charge in [-0.2, -0.15) is 11.8 Å². The maximum atomic E-state index is 12.3. The lowest BCUT2D eigenvalue weighted by Gasteiger charge is -2.29. The van der Waals surface area contributed by atoms with Crippen LogP contribution in [0.1, 0.15) is 40.0 Å². The first-order valence-electron chi connectivity index (χ1n) is 7.04. The molecule has 0 bridgehead atoms. The van der Waals surface area contributed by atoms with Crippen molar-refractivity contribution in [1.82, 2.24) is 4.90 Å². The van der Waals surface area contributed by atoms with Gasteiger partial charge in [0.15, 0.2) is 0 Å². The van der Waals surface area contributed by atoms with Crippen LogP contribution in [-0.4, -0.2) is 53.0 Å². The number of nitrogens with zero attached hydrogens (tertiary/aromatic N) is 1. The Labute approximate surface area is 125 Å². The molecule has 0 spiro atoms. The molecule has 20 heavy (non-hydrogen) atoms. The number of thioether (sulfide) groups is 1. The van der Waals surface area contributed by atoms with Gasteiger partial charge in [-0.15, -0.1) is 0 Å². The SMILES string of the molecule is CSCC[C@H](N)C(=O)N1CCCC1C(=O)OC(C)(C)C. The zero-order chi connectivity index (χ0) is 15.3. The molecule has 0 radical (unpaired) electrons. The minimum atomic E-state index is -0.532. The number of hydrogen-bond acceptors (Lipinski definition) is 5. The lowest BCUT2D eigenvalue weighted by atomic mass is 10.1. The van der Waals surface area contributed by atoms with Crippen LogP contribution in [0.3, 0.4) is 0 Å². The molecule has 1 rings (SSSR count). The summed E-state index contributed by atoms with van der Waals surface area (Å²) in [5, 5.41) is 0. The first kappa shape index (κ1) is 17.3. The van der Waals surface area contributed by atoms with Gasteiger partial charge in [0.05, 0.1) is 6.04 Å². The molecule has 1 saturated heterocycles. The van der Waals surface area contributed by atoms with Crippen LogP contribution < -0.4 is 5.73 Å². The number of esters is 1. The van der Waals surface area contributed by atoms with Gasteiger partial charge in [-0.3, -0.25) is 4.79 Å². The molecular formula is C14H26N2O3S. The second-order valence-corrected chi connectivity index (χ2v) is 7.10. The average molecular weight is 302 g/mol. The van der Waals surface area contributed by atoms with Crippen LogP contribution in [0.15, 0.2) is 0 Å². The summed E-state index contributed by atoms with van der Waals surface area (Å²) in [7, 11) is 0. The standard InChI is InChI=1S/C14H26N2O3S/c1-14(2,3)19-13(18)11-6-5-8-16(11)12(17)10(15)7-9-20-4/h10-11H,5-9,15H2,1-4H3/t10-,11?/m0/s1. The predicted octanol–water partition coefficient (Wildman–Crippen LogP) is 1.40. The molecule has 1 amide bonds. The fourth-order valence-electron chi connectivity index (χ4n) is 2.23. The molecule has 0 aliphatic carbocycles. The zero-order valence-corrected chi connectivity index (χ0v) is 13.7. The van der Waals surface area contributed by atoms with Gasteiger partial charge in [0.25, 0.3) is 0 Å². The van der Waals surface area contributed by atoms with Crippen LogP contribution in [0.5, 0.6) is 0 Å². The number of likely N-dealkylation sites (tertiary alicyclic amines) is 1. The van der Waals surface area contributed by atoms with Gasteiger partial charge in [-0.25, -0.2) is 4.79 Å². The third kappa shape index (κ3) is 4.98. The van der Waals surface area contributed by atoms with Crippen molar-refractivity contribution in [2.45, 2.75) is 57.7 Å². The summed E-state index contributed by atoms with van der Waals surface area (Å²) in [6.07, 6.45) is 4.11. The second-order valence-electron chi connectivity index (χ2n) is 6.11. The molecule has 2 atom stereocenters. The molecule has 1 heterocycles. The number of rotatable bonds is 5. The minimum Gasteiger partial charge on any atom is -0.458 e. The highest BCUT2D eigenvalue weighted by Gasteiger charge is 2.38. The lowest BCUT2D eigenvalue weighted by molar-refractivity contribution is -0.163. The Kier molecular flexibility index (Phi) is 6.33. The molecule has 1 aliphatic heterocycles. The molecule has 1 fully saturated rings. The highest BCUT2D eigenvalue weighted by atomic mass is 32.2. The topological polar surface area (TPSA) is 72.6 Å². The highest BCUT2D eigenvalue weighted by Crippen LogP contribution is 2.22. The van der Waals surface area contributed by atoms with Gasteiger partial charge in [0.1, 0.15) is 11.6 Å². The summed E-state index contributed by atoms with van der Waals surface area (Å²) in [5.74, 6) is 0.394. The first-order valence-corrected chi connectivity index (χ1v) is 8.43. The third-order valence-corrected chi connectivity index (χ3v) is 3.81. The summed E-state index contributed by atoms with van der Waals surface area (Å²) in [5.41, 5.74) is 5.38. The smallest absolute Gasteiger partial charge is 0.329 e. The lowest BCUT2D eigenvalue weighted by Crippen LogP contribution is -2.49. The fourth-order valence-corrected chi connectivity index (χ4v) is 2.72. The van der Waals surface area contributed by atoms with E-state index in [4.69, 9.17) is 10.5 Å². The number of carbonyl (C=O) groups excluding carboxylic acids is 2. The largest absolute Gasteiger partial charge is 0.458 e. The van der Waals surface area contributed by atoms with E-state index in [1.165, 1.54) is 0 Å². The van der Waals surface area contributed by atoms with E-state index in [2.05, 4.69) is 0 Å². The Hall–Kier alpha value is -0.750. The van der Waals surface area contributed by atoms with Crippen molar-refractivity contribution in [1.29, 1.82) is 0 Å². The summed E-state index contributed by atoms with van der Waals surface area (Å²) in [6.45, 7) is 6.08. The molecule has 0 aromatic heterocycles. The number of amides is 1. The van der Waals surface area contributed by atoms with Gasteiger partial charge >= 0.3 is 5.97 Å². The number of carbonyl (C=O) groups is 2. The predicted molar refractivity (Wildman–Crippen MR) is 81.6 cm³/mol. The van der Waals surface area contributed by atoms with E-state index in [1.54, 1.807) is 16.7 Å². The van der Waals surface area contributed by atoms with Gasteiger partial charge in [-0.1, -0.05) is 0 Å². The normalized spacial score (nSPS) is 20.9. The van der Waals surface area contributed by atoms with Crippen LogP contribution in [-0.2, 0) is 14.3 Å². The Bertz CT molecular complexity index is 355. The maximum Gasteiger partial charge on any atom is 0.329 e. The maximum absolute atomic E-state index is 12.3. The molecule has 6 heteroatoms. The van der Waals surface area contributed by atoms with E-state index < -0.39 is 17.7 Å². The zero-order valence-electron chi connectivity index (χ0n) is 12.8. The van der Waals surface area contributed by atoms with Gasteiger partial charge < -0.3 is 15.4 Å². The molecule has 0 aromatic carbocycles. The van der Waals surface area contributed by atoms with Gasteiger partial charge in [-0.05, 0) is 52.0 Å². The van der Waals surface area contributed by atoms with Crippen LogP contribution in [0.25, 0.3) is 0 Å². The molecule has 5 nitrogen and oxygen atoms in total. The molecule has 0 aromatic rings.